The van der Waals surface area contributed by atoms with Crippen LogP contribution in [0.15, 0.2) is 61.1 Å². The lowest BCUT2D eigenvalue weighted by Gasteiger charge is -2.07. The first-order chi connectivity index (χ1) is 9.33. The summed E-state index contributed by atoms with van der Waals surface area (Å²) in [5.41, 5.74) is 8.52. The van der Waals surface area contributed by atoms with E-state index in [1.807, 2.05) is 48.7 Å². The molecule has 0 atom stereocenters. The molecule has 0 saturated heterocycles. The van der Waals surface area contributed by atoms with Crippen molar-refractivity contribution in [3.63, 3.8) is 0 Å². The fraction of sp³-hybridized carbons (Fsp3) is 0.0667. The maximum absolute atomic E-state index is 5.70. The molecule has 2 aromatic heterocycles. The lowest BCUT2D eigenvalue weighted by molar-refractivity contribution is 0.782. The first-order valence-corrected chi connectivity index (χ1v) is 6.10. The van der Waals surface area contributed by atoms with Gasteiger partial charge in [0.15, 0.2) is 0 Å². The number of hydrogen-bond acceptors (Lipinski definition) is 3. The van der Waals surface area contributed by atoms with Crippen LogP contribution in [0.25, 0.3) is 11.4 Å². The highest BCUT2D eigenvalue weighted by molar-refractivity contribution is 5.59. The van der Waals surface area contributed by atoms with E-state index in [-0.39, 0.29) is 0 Å². The van der Waals surface area contributed by atoms with Gasteiger partial charge in [-0.05, 0) is 36.4 Å². The van der Waals surface area contributed by atoms with Crippen molar-refractivity contribution in [3.8, 4) is 11.4 Å². The Morgan fingerprint density at radius 2 is 1.79 bits per heavy atom. The molecular weight excluding hydrogens is 236 g/mol. The first kappa shape index (κ1) is 11.5. The van der Waals surface area contributed by atoms with Crippen molar-refractivity contribution in [2.45, 2.75) is 6.54 Å². The molecule has 0 aliphatic heterocycles. The second kappa shape index (κ2) is 4.94. The van der Waals surface area contributed by atoms with Gasteiger partial charge in [-0.25, -0.2) is 4.98 Å². The Morgan fingerprint density at radius 3 is 2.53 bits per heavy atom. The van der Waals surface area contributed by atoms with Crippen LogP contribution in [0, 0.1) is 0 Å². The van der Waals surface area contributed by atoms with Crippen molar-refractivity contribution in [1.29, 1.82) is 0 Å². The van der Waals surface area contributed by atoms with Crippen molar-refractivity contribution in [2.75, 3.05) is 5.73 Å². The number of pyridine rings is 1. The van der Waals surface area contributed by atoms with Crippen LogP contribution in [0.5, 0.6) is 0 Å². The maximum atomic E-state index is 5.70. The molecular formula is C15H14N4. The fourth-order valence-corrected chi connectivity index (χ4v) is 2.00. The summed E-state index contributed by atoms with van der Waals surface area (Å²) >= 11 is 0. The molecule has 94 valence electrons. The van der Waals surface area contributed by atoms with Crippen molar-refractivity contribution in [2.24, 2.45) is 0 Å². The van der Waals surface area contributed by atoms with Gasteiger partial charge in [0, 0.05) is 29.8 Å². The third kappa shape index (κ3) is 2.47. The molecule has 1 aromatic carbocycles. The largest absolute Gasteiger partial charge is 0.399 e. The van der Waals surface area contributed by atoms with E-state index in [2.05, 4.69) is 14.5 Å². The predicted octanol–water partition coefficient (Wildman–Crippen LogP) is 2.58. The Kier molecular flexibility index (Phi) is 2.98. The minimum atomic E-state index is 0.709. The number of nitrogens with two attached hydrogens (primary N) is 1. The predicted molar refractivity (Wildman–Crippen MR) is 75.4 cm³/mol. The van der Waals surface area contributed by atoms with E-state index in [1.54, 1.807) is 12.4 Å². The zero-order valence-corrected chi connectivity index (χ0v) is 10.4. The molecule has 0 unspecified atom stereocenters. The van der Waals surface area contributed by atoms with Gasteiger partial charge in [-0.15, -0.1) is 0 Å². The maximum Gasteiger partial charge on any atom is 0.140 e. The van der Waals surface area contributed by atoms with Gasteiger partial charge >= 0.3 is 0 Å². The summed E-state index contributed by atoms with van der Waals surface area (Å²) in [6.07, 6.45) is 5.56. The number of hydrogen-bond donors (Lipinski definition) is 1. The molecule has 0 bridgehead atoms. The molecule has 2 heterocycles. The Morgan fingerprint density at radius 1 is 0.947 bits per heavy atom. The molecule has 0 fully saturated rings. The number of aromatic nitrogens is 3. The Balaban J connectivity index is 1.92. The second-order valence-corrected chi connectivity index (χ2v) is 4.32. The van der Waals surface area contributed by atoms with E-state index in [0.717, 1.165) is 22.8 Å². The van der Waals surface area contributed by atoms with E-state index < -0.39 is 0 Å². The van der Waals surface area contributed by atoms with Crippen molar-refractivity contribution < 1.29 is 0 Å². The summed E-state index contributed by atoms with van der Waals surface area (Å²) in [5, 5.41) is 0. The highest BCUT2D eigenvalue weighted by Crippen LogP contribution is 2.19. The highest BCUT2D eigenvalue weighted by atomic mass is 15.1. The van der Waals surface area contributed by atoms with Gasteiger partial charge in [-0.1, -0.05) is 6.07 Å². The molecule has 19 heavy (non-hydrogen) atoms. The highest BCUT2D eigenvalue weighted by Gasteiger charge is 2.06. The second-order valence-electron chi connectivity index (χ2n) is 4.32. The summed E-state index contributed by atoms with van der Waals surface area (Å²) in [5.74, 6) is 0.922. The molecule has 2 N–H and O–H groups in total. The van der Waals surface area contributed by atoms with Crippen molar-refractivity contribution in [1.82, 2.24) is 14.5 Å². The molecule has 0 spiro atoms. The summed E-state index contributed by atoms with van der Waals surface area (Å²) in [7, 11) is 0. The van der Waals surface area contributed by atoms with E-state index in [0.29, 0.717) is 6.54 Å². The van der Waals surface area contributed by atoms with E-state index in [9.17, 15) is 0 Å². The standard InChI is InChI=1S/C15H14N4/c16-13-6-4-12(5-7-13)15-18-9-10-19(15)11-14-3-1-2-8-17-14/h1-10H,11,16H2. The molecule has 4 nitrogen and oxygen atoms in total. The van der Waals surface area contributed by atoms with Crippen LogP contribution in [0.3, 0.4) is 0 Å². The van der Waals surface area contributed by atoms with Crippen molar-refractivity contribution >= 4 is 5.69 Å². The van der Waals surface area contributed by atoms with E-state index >= 15 is 0 Å². The normalized spacial score (nSPS) is 10.5. The third-order valence-corrected chi connectivity index (χ3v) is 2.94. The quantitative estimate of drug-likeness (QED) is 0.727. The number of nitrogen functional groups attached to an aromatic ring is 1. The third-order valence-electron chi connectivity index (χ3n) is 2.94. The monoisotopic (exact) mass is 250 g/mol. The van der Waals surface area contributed by atoms with Gasteiger partial charge in [0.25, 0.3) is 0 Å². The van der Waals surface area contributed by atoms with Crippen molar-refractivity contribution in [3.05, 3.63) is 66.7 Å². The smallest absolute Gasteiger partial charge is 0.140 e. The Bertz CT molecular complexity index is 656. The molecule has 3 aromatic rings. The summed E-state index contributed by atoms with van der Waals surface area (Å²) < 4.78 is 2.08. The molecule has 0 radical (unpaired) electrons. The average molecular weight is 250 g/mol. The zero-order valence-electron chi connectivity index (χ0n) is 10.4. The molecule has 0 saturated carbocycles. The summed E-state index contributed by atoms with van der Waals surface area (Å²) in [4.78, 5) is 8.74. The molecule has 0 aliphatic carbocycles. The van der Waals surface area contributed by atoms with Crippen LogP contribution in [0.2, 0.25) is 0 Å². The van der Waals surface area contributed by atoms with Gasteiger partial charge in [-0.2, -0.15) is 0 Å². The SMILES string of the molecule is Nc1ccc(-c2nccn2Cc2ccccn2)cc1. The number of imidazole rings is 1. The van der Waals surface area contributed by atoms with Gasteiger partial charge in [0.05, 0.1) is 12.2 Å². The first-order valence-electron chi connectivity index (χ1n) is 6.10. The van der Waals surface area contributed by atoms with E-state index in [4.69, 9.17) is 5.73 Å². The Hall–Kier alpha value is -2.62. The minimum absolute atomic E-state index is 0.709. The summed E-state index contributed by atoms with van der Waals surface area (Å²) in [6.45, 7) is 0.709. The van der Waals surface area contributed by atoms with Crippen LogP contribution in [-0.4, -0.2) is 14.5 Å². The lowest BCUT2D eigenvalue weighted by Crippen LogP contribution is -2.02. The van der Waals surface area contributed by atoms with Crippen LogP contribution in [0.4, 0.5) is 5.69 Å². The zero-order chi connectivity index (χ0) is 13.1. The van der Waals surface area contributed by atoms with Gasteiger partial charge < -0.3 is 10.3 Å². The van der Waals surface area contributed by atoms with Crippen LogP contribution >= 0.6 is 0 Å². The molecule has 4 heteroatoms. The lowest BCUT2D eigenvalue weighted by atomic mass is 10.2. The summed E-state index contributed by atoms with van der Waals surface area (Å²) in [6, 6.07) is 13.6. The van der Waals surface area contributed by atoms with Crippen LogP contribution in [-0.2, 0) is 6.54 Å². The average Bonchev–Trinajstić information content (AvgIpc) is 2.89. The van der Waals surface area contributed by atoms with Crippen LogP contribution in [0.1, 0.15) is 5.69 Å². The van der Waals surface area contributed by atoms with E-state index in [1.165, 1.54) is 0 Å². The molecule has 0 aliphatic rings. The minimum Gasteiger partial charge on any atom is -0.399 e. The van der Waals surface area contributed by atoms with Crippen LogP contribution < -0.4 is 5.73 Å². The molecule has 3 rings (SSSR count). The molecule has 0 amide bonds. The Labute approximate surface area is 111 Å². The van der Waals surface area contributed by atoms with Gasteiger partial charge in [0.1, 0.15) is 5.82 Å². The fourth-order valence-electron chi connectivity index (χ4n) is 2.00. The van der Waals surface area contributed by atoms with Gasteiger partial charge in [0.2, 0.25) is 0 Å². The number of anilines is 1. The topological polar surface area (TPSA) is 56.7 Å². The number of rotatable bonds is 3. The number of nitrogens with zero attached hydrogens (tertiary/aromatic N) is 3. The number of benzene rings is 1. The van der Waals surface area contributed by atoms with Gasteiger partial charge in [-0.3, -0.25) is 4.98 Å².